The van der Waals surface area contributed by atoms with Crippen LogP contribution in [0.5, 0.6) is 0 Å². The molecule has 0 heterocycles. The molecule has 0 fully saturated rings. The lowest BCUT2D eigenvalue weighted by Crippen LogP contribution is -2.40. The van der Waals surface area contributed by atoms with Crippen molar-refractivity contribution in [2.45, 2.75) is 26.1 Å². The number of aliphatic hydroxyl groups is 1. The number of hydrogen-bond acceptors (Lipinski definition) is 2. The first-order valence-electron chi connectivity index (χ1n) is 6.20. The summed E-state index contributed by atoms with van der Waals surface area (Å²) in [6.07, 6.45) is -4.49. The van der Waals surface area contributed by atoms with Gasteiger partial charge in [-0.2, -0.15) is 13.2 Å². The number of rotatable bonds is 4. The van der Waals surface area contributed by atoms with Crippen LogP contribution in [0.15, 0.2) is 18.2 Å². The molecule has 2 unspecified atom stereocenters. The van der Waals surface area contributed by atoms with Gasteiger partial charge in [0, 0.05) is 12.6 Å². The molecule has 1 rings (SSSR count). The molecular formula is C13H16ClF3N2O2. The maximum Gasteiger partial charge on any atom is 0.416 e. The van der Waals surface area contributed by atoms with E-state index in [1.165, 1.54) is 0 Å². The maximum absolute atomic E-state index is 12.5. The average Bonchev–Trinajstić information content (AvgIpc) is 2.38. The molecule has 4 nitrogen and oxygen atoms in total. The number of alkyl halides is 3. The third-order valence-corrected chi connectivity index (χ3v) is 3.36. The first-order valence-corrected chi connectivity index (χ1v) is 6.58. The van der Waals surface area contributed by atoms with Gasteiger partial charge in [-0.15, -0.1) is 0 Å². The number of carbonyl (C=O) groups excluding carboxylic acids is 1. The zero-order valence-electron chi connectivity index (χ0n) is 11.5. The number of anilines is 1. The predicted octanol–water partition coefficient (Wildman–Crippen LogP) is 3.50. The molecule has 8 heteroatoms. The van der Waals surface area contributed by atoms with Crippen molar-refractivity contribution in [1.29, 1.82) is 0 Å². The van der Waals surface area contributed by atoms with Gasteiger partial charge in [0.2, 0.25) is 0 Å². The van der Waals surface area contributed by atoms with Gasteiger partial charge in [0.15, 0.2) is 0 Å². The summed E-state index contributed by atoms with van der Waals surface area (Å²) in [5.74, 6) is -0.154. The van der Waals surface area contributed by atoms with E-state index in [2.05, 4.69) is 10.6 Å². The van der Waals surface area contributed by atoms with Crippen molar-refractivity contribution in [3.63, 3.8) is 0 Å². The van der Waals surface area contributed by atoms with Crippen LogP contribution in [0.3, 0.4) is 0 Å². The molecular weight excluding hydrogens is 309 g/mol. The van der Waals surface area contributed by atoms with Crippen molar-refractivity contribution in [3.05, 3.63) is 28.8 Å². The number of hydrogen-bond donors (Lipinski definition) is 3. The lowest BCUT2D eigenvalue weighted by Gasteiger charge is -2.20. The van der Waals surface area contributed by atoms with E-state index in [0.717, 1.165) is 18.2 Å². The van der Waals surface area contributed by atoms with Crippen LogP contribution in [0.25, 0.3) is 0 Å². The number of aliphatic hydroxyl groups excluding tert-OH is 1. The van der Waals surface area contributed by atoms with Gasteiger partial charge in [-0.1, -0.05) is 18.5 Å². The summed E-state index contributed by atoms with van der Waals surface area (Å²) < 4.78 is 37.4. The Balaban J connectivity index is 2.73. The number of urea groups is 1. The highest BCUT2D eigenvalue weighted by Gasteiger charge is 2.31. The predicted molar refractivity (Wildman–Crippen MR) is 74.3 cm³/mol. The minimum absolute atomic E-state index is 0.0750. The molecule has 21 heavy (non-hydrogen) atoms. The molecule has 0 saturated carbocycles. The SMILES string of the molecule is CC(CO)C(C)NC(=O)Nc1ccc(C(F)(F)F)cc1Cl. The molecule has 0 aliphatic carbocycles. The van der Waals surface area contributed by atoms with Gasteiger partial charge in [-0.3, -0.25) is 0 Å². The van der Waals surface area contributed by atoms with E-state index in [4.69, 9.17) is 16.7 Å². The van der Waals surface area contributed by atoms with E-state index in [1.54, 1.807) is 13.8 Å². The van der Waals surface area contributed by atoms with Crippen LogP contribution >= 0.6 is 11.6 Å². The van der Waals surface area contributed by atoms with Crippen LogP contribution in [-0.4, -0.2) is 23.8 Å². The van der Waals surface area contributed by atoms with Crippen molar-refractivity contribution in [2.24, 2.45) is 5.92 Å². The minimum Gasteiger partial charge on any atom is -0.396 e. The molecule has 2 atom stereocenters. The largest absolute Gasteiger partial charge is 0.416 e. The second-order valence-corrected chi connectivity index (χ2v) is 5.15. The number of halogens is 4. The lowest BCUT2D eigenvalue weighted by molar-refractivity contribution is -0.137. The summed E-state index contributed by atoms with van der Waals surface area (Å²) in [4.78, 5) is 11.7. The fraction of sp³-hybridized carbons (Fsp3) is 0.462. The second kappa shape index (κ2) is 7.00. The van der Waals surface area contributed by atoms with Gasteiger partial charge >= 0.3 is 12.2 Å². The van der Waals surface area contributed by atoms with Crippen LogP contribution in [0, 0.1) is 5.92 Å². The van der Waals surface area contributed by atoms with Crippen molar-refractivity contribution >= 4 is 23.3 Å². The molecule has 0 bridgehead atoms. The number of benzene rings is 1. The van der Waals surface area contributed by atoms with E-state index in [-0.39, 0.29) is 29.3 Å². The summed E-state index contributed by atoms with van der Waals surface area (Å²) in [5.41, 5.74) is -0.813. The van der Waals surface area contributed by atoms with Gasteiger partial charge in [0.25, 0.3) is 0 Å². The van der Waals surface area contributed by atoms with Gasteiger partial charge in [-0.25, -0.2) is 4.79 Å². The zero-order valence-corrected chi connectivity index (χ0v) is 12.2. The molecule has 0 aliphatic heterocycles. The quantitative estimate of drug-likeness (QED) is 0.794. The highest BCUT2D eigenvalue weighted by molar-refractivity contribution is 6.33. The van der Waals surface area contributed by atoms with Crippen molar-refractivity contribution in [2.75, 3.05) is 11.9 Å². The topological polar surface area (TPSA) is 61.4 Å². The summed E-state index contributed by atoms with van der Waals surface area (Å²) in [6, 6.07) is 1.76. The summed E-state index contributed by atoms with van der Waals surface area (Å²) in [5, 5.41) is 13.7. The summed E-state index contributed by atoms with van der Waals surface area (Å²) in [7, 11) is 0. The molecule has 1 aromatic carbocycles. The molecule has 0 aliphatic rings. The monoisotopic (exact) mass is 324 g/mol. The third kappa shape index (κ3) is 5.09. The number of carbonyl (C=O) groups is 1. The van der Waals surface area contributed by atoms with Gasteiger partial charge in [-0.05, 0) is 31.0 Å². The van der Waals surface area contributed by atoms with Crippen LogP contribution in [0.2, 0.25) is 5.02 Å². The fourth-order valence-corrected chi connectivity index (χ4v) is 1.69. The Kier molecular flexibility index (Phi) is 5.86. The molecule has 0 saturated heterocycles. The molecule has 118 valence electrons. The zero-order chi connectivity index (χ0) is 16.2. The Morgan fingerprint density at radius 1 is 1.38 bits per heavy atom. The van der Waals surface area contributed by atoms with Crippen molar-refractivity contribution < 1.29 is 23.1 Å². The summed E-state index contributed by atoms with van der Waals surface area (Å²) >= 11 is 5.72. The van der Waals surface area contributed by atoms with Crippen LogP contribution in [0.4, 0.5) is 23.7 Å². The molecule has 1 aromatic rings. The van der Waals surface area contributed by atoms with Crippen LogP contribution in [0.1, 0.15) is 19.4 Å². The van der Waals surface area contributed by atoms with E-state index < -0.39 is 17.8 Å². The Hall–Kier alpha value is -1.47. The van der Waals surface area contributed by atoms with E-state index in [9.17, 15) is 18.0 Å². The van der Waals surface area contributed by atoms with E-state index in [0.29, 0.717) is 0 Å². The smallest absolute Gasteiger partial charge is 0.396 e. The van der Waals surface area contributed by atoms with Crippen molar-refractivity contribution in [3.8, 4) is 0 Å². The van der Waals surface area contributed by atoms with Crippen LogP contribution in [-0.2, 0) is 6.18 Å². The lowest BCUT2D eigenvalue weighted by atomic mass is 10.1. The normalized spacial score (nSPS) is 14.4. The molecule has 3 N–H and O–H groups in total. The van der Waals surface area contributed by atoms with Gasteiger partial charge < -0.3 is 15.7 Å². The Morgan fingerprint density at radius 3 is 2.48 bits per heavy atom. The Labute approximate surface area is 125 Å². The maximum atomic E-state index is 12.5. The second-order valence-electron chi connectivity index (χ2n) is 4.74. The molecule has 0 aromatic heterocycles. The molecule has 0 radical (unpaired) electrons. The highest BCUT2D eigenvalue weighted by atomic mass is 35.5. The van der Waals surface area contributed by atoms with Gasteiger partial charge in [0.05, 0.1) is 16.3 Å². The third-order valence-electron chi connectivity index (χ3n) is 3.04. The van der Waals surface area contributed by atoms with E-state index >= 15 is 0 Å². The first-order chi connectivity index (χ1) is 9.65. The van der Waals surface area contributed by atoms with Crippen LogP contribution < -0.4 is 10.6 Å². The summed E-state index contributed by atoms with van der Waals surface area (Å²) in [6.45, 7) is 3.35. The number of nitrogens with one attached hydrogen (secondary N) is 2. The Bertz CT molecular complexity index is 509. The van der Waals surface area contributed by atoms with Crippen molar-refractivity contribution in [1.82, 2.24) is 5.32 Å². The fourth-order valence-electron chi connectivity index (χ4n) is 1.46. The Morgan fingerprint density at radius 2 is 2.00 bits per heavy atom. The first kappa shape index (κ1) is 17.6. The average molecular weight is 325 g/mol. The molecule has 0 spiro atoms. The standard InChI is InChI=1S/C13H16ClF3N2O2/c1-7(6-20)8(2)18-12(21)19-11-4-3-9(5-10(11)14)13(15,16)17/h3-5,7-8,20H,6H2,1-2H3,(H2,18,19,21). The molecule has 2 amide bonds. The minimum atomic E-state index is -4.49. The van der Waals surface area contributed by atoms with Gasteiger partial charge in [0.1, 0.15) is 0 Å². The number of amides is 2. The van der Waals surface area contributed by atoms with E-state index in [1.807, 2.05) is 0 Å². The highest BCUT2D eigenvalue weighted by Crippen LogP contribution is 2.33.